The highest BCUT2D eigenvalue weighted by molar-refractivity contribution is 9.10. The van der Waals surface area contributed by atoms with Crippen molar-refractivity contribution in [3.63, 3.8) is 0 Å². The van der Waals surface area contributed by atoms with E-state index in [1.165, 1.54) is 0 Å². The topological polar surface area (TPSA) is 41.8 Å². The van der Waals surface area contributed by atoms with Crippen molar-refractivity contribution in [3.05, 3.63) is 33.4 Å². The second kappa shape index (κ2) is 2.79. The largest absolute Gasteiger partial charge is 0.273 e. The molecule has 0 saturated carbocycles. The van der Waals surface area contributed by atoms with Crippen LogP contribution in [0.3, 0.4) is 0 Å². The number of benzene rings is 1. The van der Waals surface area contributed by atoms with E-state index in [4.69, 9.17) is 0 Å². The molecule has 1 aromatic carbocycles. The van der Waals surface area contributed by atoms with Crippen LogP contribution in [0.2, 0.25) is 0 Å². The predicted molar refractivity (Wildman–Crippen MR) is 46.3 cm³/mol. The molecule has 0 atom stereocenters. The van der Waals surface area contributed by atoms with Crippen LogP contribution in [0.25, 0.3) is 0 Å². The number of hydrogen-bond donors (Lipinski definition) is 0. The van der Waals surface area contributed by atoms with E-state index in [1.54, 1.807) is 6.07 Å². The molecule has 0 N–H and O–H groups in total. The summed E-state index contributed by atoms with van der Waals surface area (Å²) in [5.74, 6) is -0.176. The number of amides is 1. The third-order valence-corrected chi connectivity index (χ3v) is 2.06. The summed E-state index contributed by atoms with van der Waals surface area (Å²) in [6.45, 7) is 0.170. The van der Waals surface area contributed by atoms with Crippen LogP contribution in [0, 0.1) is 0 Å². The van der Waals surface area contributed by atoms with E-state index in [-0.39, 0.29) is 12.5 Å². The number of carbonyl (C=O) groups is 1. The molecule has 0 unspecified atom stereocenters. The summed E-state index contributed by atoms with van der Waals surface area (Å²) in [5.41, 5.74) is 0. The zero-order chi connectivity index (χ0) is 8.55. The molecule has 2 rings (SSSR count). The van der Waals surface area contributed by atoms with E-state index in [2.05, 4.69) is 25.9 Å². The van der Waals surface area contributed by atoms with Gasteiger partial charge in [0.1, 0.15) is 6.54 Å². The van der Waals surface area contributed by atoms with Gasteiger partial charge in [-0.1, -0.05) is 15.9 Å². The first kappa shape index (κ1) is 7.61. The highest BCUT2D eigenvalue weighted by Crippen LogP contribution is 2.02. The Morgan fingerprint density at radius 3 is 3.00 bits per heavy atom. The SMILES string of the molecule is O=C1CN=c2cc(Br)ccc2=N1. The maximum Gasteiger partial charge on any atom is 0.267 e. The maximum atomic E-state index is 10.8. The van der Waals surface area contributed by atoms with Crippen molar-refractivity contribution in [2.24, 2.45) is 9.98 Å². The minimum atomic E-state index is -0.176. The molecule has 1 aliphatic rings. The predicted octanol–water partition coefficient (Wildman–Crippen LogP) is 0.228. The molecule has 1 aliphatic heterocycles. The van der Waals surface area contributed by atoms with Crippen molar-refractivity contribution < 1.29 is 4.79 Å². The summed E-state index contributed by atoms with van der Waals surface area (Å²) in [7, 11) is 0. The molecule has 0 fully saturated rings. The Labute approximate surface area is 77.0 Å². The van der Waals surface area contributed by atoms with Crippen molar-refractivity contribution in [2.45, 2.75) is 0 Å². The summed E-state index contributed by atoms with van der Waals surface area (Å²) in [6.07, 6.45) is 0. The number of nitrogens with zero attached hydrogens (tertiary/aromatic N) is 2. The van der Waals surface area contributed by atoms with E-state index < -0.39 is 0 Å². The third-order valence-electron chi connectivity index (χ3n) is 1.57. The van der Waals surface area contributed by atoms with Gasteiger partial charge in [0.2, 0.25) is 0 Å². The van der Waals surface area contributed by atoms with Crippen LogP contribution in [-0.2, 0) is 4.79 Å². The standard InChI is InChI=1S/C8H5BrN2O/c9-5-1-2-6-7(3-5)10-4-8(12)11-6/h1-3H,4H2. The van der Waals surface area contributed by atoms with Crippen molar-refractivity contribution in [2.75, 3.05) is 6.54 Å². The van der Waals surface area contributed by atoms with E-state index >= 15 is 0 Å². The Morgan fingerprint density at radius 1 is 1.33 bits per heavy atom. The molecule has 3 nitrogen and oxygen atoms in total. The van der Waals surface area contributed by atoms with Crippen molar-refractivity contribution >= 4 is 21.8 Å². The number of rotatable bonds is 0. The minimum Gasteiger partial charge on any atom is -0.273 e. The molecule has 0 aromatic heterocycles. The molecule has 0 bridgehead atoms. The van der Waals surface area contributed by atoms with Gasteiger partial charge < -0.3 is 0 Å². The summed E-state index contributed by atoms with van der Waals surface area (Å²) in [4.78, 5) is 18.7. The smallest absolute Gasteiger partial charge is 0.267 e. The number of hydrogen-bond acceptors (Lipinski definition) is 2. The van der Waals surface area contributed by atoms with E-state index in [0.29, 0.717) is 5.36 Å². The first-order valence-corrected chi connectivity index (χ1v) is 4.26. The van der Waals surface area contributed by atoms with E-state index in [0.717, 1.165) is 9.83 Å². The number of fused-ring (bicyclic) bond motifs is 1. The van der Waals surface area contributed by atoms with Gasteiger partial charge in [0.15, 0.2) is 0 Å². The van der Waals surface area contributed by atoms with Gasteiger partial charge in [0, 0.05) is 4.47 Å². The Kier molecular flexibility index (Phi) is 1.77. The Balaban J connectivity index is 2.79. The lowest BCUT2D eigenvalue weighted by Gasteiger charge is -1.97. The third kappa shape index (κ3) is 1.30. The van der Waals surface area contributed by atoms with Crippen LogP contribution < -0.4 is 10.7 Å². The Bertz CT molecular complexity index is 453. The molecule has 0 saturated heterocycles. The van der Waals surface area contributed by atoms with Gasteiger partial charge in [-0.25, -0.2) is 4.99 Å². The van der Waals surface area contributed by atoms with Crippen LogP contribution in [0.5, 0.6) is 0 Å². The van der Waals surface area contributed by atoms with Crippen molar-refractivity contribution in [3.8, 4) is 0 Å². The normalized spacial score (nSPS) is 14.6. The zero-order valence-electron chi connectivity index (χ0n) is 6.12. The first-order chi connectivity index (χ1) is 5.75. The van der Waals surface area contributed by atoms with Crippen molar-refractivity contribution in [1.82, 2.24) is 0 Å². The quantitative estimate of drug-likeness (QED) is 0.623. The summed E-state index contributed by atoms with van der Waals surface area (Å²) in [5, 5.41) is 1.44. The Morgan fingerprint density at radius 2 is 2.17 bits per heavy atom. The van der Waals surface area contributed by atoms with Gasteiger partial charge >= 0.3 is 0 Å². The number of halogens is 1. The summed E-state index contributed by atoms with van der Waals surface area (Å²) < 4.78 is 0.953. The second-order valence-corrected chi connectivity index (χ2v) is 3.37. The van der Waals surface area contributed by atoms with Gasteiger partial charge in [-0.2, -0.15) is 0 Å². The molecule has 4 heteroatoms. The fourth-order valence-corrected chi connectivity index (χ4v) is 1.39. The van der Waals surface area contributed by atoms with Gasteiger partial charge in [-0.3, -0.25) is 9.79 Å². The van der Waals surface area contributed by atoms with E-state index in [1.807, 2.05) is 12.1 Å². The van der Waals surface area contributed by atoms with Gasteiger partial charge in [0.05, 0.1) is 10.7 Å². The molecule has 60 valence electrons. The van der Waals surface area contributed by atoms with E-state index in [9.17, 15) is 4.79 Å². The average molecular weight is 225 g/mol. The second-order valence-electron chi connectivity index (χ2n) is 2.45. The zero-order valence-corrected chi connectivity index (χ0v) is 7.71. The van der Waals surface area contributed by atoms with Gasteiger partial charge in [0.25, 0.3) is 5.91 Å². The highest BCUT2D eigenvalue weighted by atomic mass is 79.9. The summed E-state index contributed by atoms with van der Waals surface area (Å²) in [6, 6.07) is 5.47. The van der Waals surface area contributed by atoms with Crippen LogP contribution in [0.1, 0.15) is 0 Å². The minimum absolute atomic E-state index is 0.170. The lowest BCUT2D eigenvalue weighted by molar-refractivity contribution is -0.116. The van der Waals surface area contributed by atoms with Crippen LogP contribution in [0.4, 0.5) is 0 Å². The lowest BCUT2D eigenvalue weighted by Crippen LogP contribution is -2.31. The highest BCUT2D eigenvalue weighted by Gasteiger charge is 2.02. The van der Waals surface area contributed by atoms with Crippen LogP contribution in [-0.4, -0.2) is 12.5 Å². The molecule has 12 heavy (non-hydrogen) atoms. The molecule has 0 radical (unpaired) electrons. The molecule has 1 heterocycles. The summed E-state index contributed by atoms with van der Waals surface area (Å²) >= 11 is 3.32. The van der Waals surface area contributed by atoms with Crippen LogP contribution in [0.15, 0.2) is 32.7 Å². The van der Waals surface area contributed by atoms with Crippen LogP contribution >= 0.6 is 15.9 Å². The van der Waals surface area contributed by atoms with Gasteiger partial charge in [-0.05, 0) is 18.2 Å². The Hall–Kier alpha value is -1.03. The van der Waals surface area contributed by atoms with Crippen molar-refractivity contribution in [1.29, 1.82) is 0 Å². The fourth-order valence-electron chi connectivity index (χ4n) is 1.04. The van der Waals surface area contributed by atoms with Gasteiger partial charge in [-0.15, -0.1) is 0 Å². The molecule has 0 spiro atoms. The lowest BCUT2D eigenvalue weighted by atomic mass is 10.3. The number of carbonyl (C=O) groups excluding carboxylic acids is 1. The first-order valence-electron chi connectivity index (χ1n) is 3.47. The molecule has 0 aliphatic carbocycles. The molecular formula is C8H5BrN2O. The average Bonchev–Trinajstić information content (AvgIpc) is 2.05. The molecule has 1 amide bonds. The monoisotopic (exact) mass is 224 g/mol. The maximum absolute atomic E-state index is 10.8. The molecular weight excluding hydrogens is 220 g/mol. The fraction of sp³-hybridized carbons (Fsp3) is 0.125. The molecule has 1 aromatic rings.